The third kappa shape index (κ3) is 1.78. The fourth-order valence-electron chi connectivity index (χ4n) is 7.78. The number of fused-ring (bicyclic) bond motifs is 3. The van der Waals surface area contributed by atoms with Crippen LogP contribution in [0.15, 0.2) is 22.8 Å². The molecule has 1 saturated heterocycles. The van der Waals surface area contributed by atoms with Gasteiger partial charge in [0.15, 0.2) is 11.6 Å². The molecule has 152 valence electrons. The quantitative estimate of drug-likeness (QED) is 0.688. The predicted molar refractivity (Wildman–Crippen MR) is 102 cm³/mol. The zero-order valence-electron chi connectivity index (χ0n) is 16.5. The van der Waals surface area contributed by atoms with Gasteiger partial charge in [0.1, 0.15) is 17.8 Å². The molecule has 8 atom stereocenters. The van der Waals surface area contributed by atoms with Crippen molar-refractivity contribution in [1.82, 2.24) is 0 Å². The molecule has 0 bridgehead atoms. The number of aliphatic hydroxyl groups is 2. The van der Waals surface area contributed by atoms with E-state index in [2.05, 4.69) is 6.92 Å². The molecule has 1 aliphatic heterocycles. The smallest absolute Gasteiger partial charge is 0.196 e. The Hall–Kier alpha value is -1.01. The van der Waals surface area contributed by atoms with Gasteiger partial charge in [0.2, 0.25) is 0 Å². The van der Waals surface area contributed by atoms with Crippen molar-refractivity contribution in [2.45, 2.75) is 63.8 Å². The van der Waals surface area contributed by atoms with Crippen molar-refractivity contribution in [2.24, 2.45) is 28.6 Å². The van der Waals surface area contributed by atoms with E-state index in [-0.39, 0.29) is 29.6 Å². The number of hydrogen-bond acceptors (Lipinski definition) is 5. The monoisotopic (exact) mass is 406 g/mol. The summed E-state index contributed by atoms with van der Waals surface area (Å²) >= 11 is 6.42. The van der Waals surface area contributed by atoms with E-state index in [0.717, 1.165) is 24.8 Å². The number of ether oxygens (including phenoxy) is 1. The normalized spacial score (nSPS) is 54.0. The van der Waals surface area contributed by atoms with Gasteiger partial charge in [-0.15, -0.1) is 0 Å². The molecule has 0 amide bonds. The molecule has 1 heterocycles. The van der Waals surface area contributed by atoms with E-state index in [1.807, 2.05) is 19.9 Å². The van der Waals surface area contributed by atoms with Gasteiger partial charge in [0.05, 0.1) is 11.1 Å². The summed E-state index contributed by atoms with van der Waals surface area (Å²) in [6, 6.07) is 0. The van der Waals surface area contributed by atoms with Crippen LogP contribution in [-0.4, -0.2) is 45.7 Å². The first-order valence-corrected chi connectivity index (χ1v) is 10.6. The minimum atomic E-state index is -1.53. The van der Waals surface area contributed by atoms with Crippen molar-refractivity contribution >= 4 is 23.2 Å². The average molecular weight is 407 g/mol. The van der Waals surface area contributed by atoms with Crippen LogP contribution in [0.3, 0.4) is 0 Å². The minimum Gasteiger partial charge on any atom is -0.388 e. The number of hydrogen-bond donors (Lipinski definition) is 2. The van der Waals surface area contributed by atoms with Crippen molar-refractivity contribution < 1.29 is 24.5 Å². The van der Waals surface area contributed by atoms with Crippen LogP contribution in [-0.2, 0) is 14.3 Å². The Labute approximate surface area is 169 Å². The highest BCUT2D eigenvalue weighted by atomic mass is 35.5. The Balaban J connectivity index is 1.61. The first kappa shape index (κ1) is 19.0. The summed E-state index contributed by atoms with van der Waals surface area (Å²) in [5.74, 6) is -0.542. The zero-order chi connectivity index (χ0) is 20.3. The molecule has 1 spiro atoms. The van der Waals surface area contributed by atoms with Crippen molar-refractivity contribution in [3.05, 3.63) is 22.8 Å². The second-order valence-corrected chi connectivity index (χ2v) is 10.3. The van der Waals surface area contributed by atoms with Crippen LogP contribution >= 0.6 is 11.6 Å². The number of halogens is 1. The Bertz CT molecular complexity index is 863. The molecule has 0 aromatic rings. The van der Waals surface area contributed by atoms with Gasteiger partial charge in [-0.3, -0.25) is 9.59 Å². The highest BCUT2D eigenvalue weighted by Gasteiger charge is 2.82. The minimum absolute atomic E-state index is 0.0929. The number of allylic oxidation sites excluding steroid dienone is 2. The Morgan fingerprint density at radius 2 is 2.07 bits per heavy atom. The Kier molecular flexibility index (Phi) is 3.64. The molecule has 5 rings (SSSR count). The van der Waals surface area contributed by atoms with Crippen molar-refractivity contribution in [2.75, 3.05) is 6.61 Å². The Morgan fingerprint density at radius 1 is 1.36 bits per heavy atom. The van der Waals surface area contributed by atoms with E-state index in [4.69, 9.17) is 16.3 Å². The van der Waals surface area contributed by atoms with E-state index in [1.165, 1.54) is 0 Å². The molecule has 0 radical (unpaired) electrons. The molecule has 5 aliphatic rings. The van der Waals surface area contributed by atoms with E-state index in [9.17, 15) is 19.8 Å². The van der Waals surface area contributed by atoms with E-state index >= 15 is 0 Å². The topological polar surface area (TPSA) is 87.1 Å². The molecular formula is C22H27ClO5. The third-order valence-corrected chi connectivity index (χ3v) is 9.59. The summed E-state index contributed by atoms with van der Waals surface area (Å²) in [7, 11) is 0. The molecule has 4 aliphatic carbocycles. The van der Waals surface area contributed by atoms with Gasteiger partial charge >= 0.3 is 0 Å². The second kappa shape index (κ2) is 5.37. The lowest BCUT2D eigenvalue weighted by atomic mass is 9.46. The summed E-state index contributed by atoms with van der Waals surface area (Å²) in [5, 5.41) is 21.4. The maximum atomic E-state index is 12.6. The molecule has 4 fully saturated rings. The summed E-state index contributed by atoms with van der Waals surface area (Å²) in [5.41, 5.74) is -2.04. The van der Waals surface area contributed by atoms with Crippen LogP contribution in [0.2, 0.25) is 0 Å². The maximum absolute atomic E-state index is 12.6. The van der Waals surface area contributed by atoms with Gasteiger partial charge in [-0.1, -0.05) is 31.5 Å². The summed E-state index contributed by atoms with van der Waals surface area (Å²) in [6.07, 6.45) is 6.30. The van der Waals surface area contributed by atoms with E-state index in [0.29, 0.717) is 11.5 Å². The predicted octanol–water partition coefficient (Wildman–Crippen LogP) is 2.53. The molecule has 1 unspecified atom stereocenters. The van der Waals surface area contributed by atoms with Gasteiger partial charge in [-0.05, 0) is 62.0 Å². The molecule has 2 N–H and O–H groups in total. The third-order valence-electron chi connectivity index (χ3n) is 9.18. The fourth-order valence-corrected chi connectivity index (χ4v) is 8.13. The largest absolute Gasteiger partial charge is 0.388 e. The van der Waals surface area contributed by atoms with Gasteiger partial charge in [0, 0.05) is 10.8 Å². The van der Waals surface area contributed by atoms with Crippen LogP contribution in [0.25, 0.3) is 0 Å². The number of Topliss-reactive ketones (excluding diaryl/α,β-unsaturated/α-hetero) is 1. The summed E-state index contributed by atoms with van der Waals surface area (Å²) in [4.78, 5) is 24.8. The number of carbonyl (C=O) groups is 2. The van der Waals surface area contributed by atoms with Crippen molar-refractivity contribution in [3.8, 4) is 0 Å². The number of epoxide rings is 1. The number of aliphatic hydroxyl groups excluding tert-OH is 1. The highest BCUT2D eigenvalue weighted by molar-refractivity contribution is 6.45. The number of ketones is 2. The first-order valence-electron chi connectivity index (χ1n) is 10.2. The van der Waals surface area contributed by atoms with Crippen molar-refractivity contribution in [3.63, 3.8) is 0 Å². The van der Waals surface area contributed by atoms with Gasteiger partial charge in [0.25, 0.3) is 0 Å². The lowest BCUT2D eigenvalue weighted by molar-refractivity contribution is -0.165. The first-order chi connectivity index (χ1) is 13.1. The second-order valence-electron chi connectivity index (χ2n) is 9.95. The fraction of sp³-hybridized carbons (Fsp3) is 0.727. The van der Waals surface area contributed by atoms with Crippen LogP contribution in [0.1, 0.15) is 46.5 Å². The average Bonchev–Trinajstić information content (AvgIpc) is 3.34. The van der Waals surface area contributed by atoms with Gasteiger partial charge in [-0.2, -0.15) is 0 Å². The van der Waals surface area contributed by atoms with E-state index in [1.54, 1.807) is 6.08 Å². The molecule has 28 heavy (non-hydrogen) atoms. The molecule has 6 heteroatoms. The molecule has 0 aromatic carbocycles. The molecule has 3 saturated carbocycles. The number of carbonyl (C=O) groups excluding carboxylic acids is 2. The van der Waals surface area contributed by atoms with Crippen LogP contribution in [0.5, 0.6) is 0 Å². The zero-order valence-corrected chi connectivity index (χ0v) is 17.3. The lowest BCUT2D eigenvalue weighted by Gasteiger charge is -2.55. The van der Waals surface area contributed by atoms with E-state index < -0.39 is 34.4 Å². The van der Waals surface area contributed by atoms with Crippen LogP contribution in [0, 0.1) is 28.6 Å². The molecular weight excluding hydrogens is 380 g/mol. The molecule has 0 aromatic heterocycles. The van der Waals surface area contributed by atoms with Crippen LogP contribution in [0.4, 0.5) is 0 Å². The lowest BCUT2D eigenvalue weighted by Crippen LogP contribution is -2.62. The van der Waals surface area contributed by atoms with Gasteiger partial charge < -0.3 is 14.9 Å². The molecule has 5 nitrogen and oxygen atoms in total. The Morgan fingerprint density at radius 3 is 2.75 bits per heavy atom. The standard InChI is InChI=1S/C22H27ClO5/c1-11-8-14-12-4-5-13-18(23)15(25)6-7-19(13,2)22(12)17(28-22)9-20(14,3)21(11,27)16(26)10-24/h6-7,11-12,14,17,24,27H,4-5,8-10H2,1-3H3/t11-,12-,14-,17?,19-,20-,21-,22-/m0/s1. The SMILES string of the molecule is C[C@H]1C[C@H]2[C@@H]3CCC4=C(Cl)C(=O)C=C[C@]4(C)[C@]34OC4C[C@]2(C)[C@@]1(O)C(=O)CO. The van der Waals surface area contributed by atoms with Gasteiger partial charge in [-0.25, -0.2) is 0 Å². The van der Waals surface area contributed by atoms with Crippen molar-refractivity contribution in [1.29, 1.82) is 0 Å². The maximum Gasteiger partial charge on any atom is 0.196 e. The highest BCUT2D eigenvalue weighted by Crippen LogP contribution is 2.76. The summed E-state index contributed by atoms with van der Waals surface area (Å²) in [6.45, 7) is 5.39. The summed E-state index contributed by atoms with van der Waals surface area (Å²) < 4.78 is 6.43. The van der Waals surface area contributed by atoms with Crippen LogP contribution < -0.4 is 0 Å². The number of rotatable bonds is 2.